The zero-order valence-corrected chi connectivity index (χ0v) is 12.9. The lowest BCUT2D eigenvalue weighted by Gasteiger charge is -2.30. The third kappa shape index (κ3) is 3.36. The second kappa shape index (κ2) is 6.55. The van der Waals surface area contributed by atoms with Crippen molar-refractivity contribution in [1.29, 1.82) is 5.26 Å². The fraction of sp³-hybridized carbons (Fsp3) is 0.211. The predicted octanol–water partition coefficient (Wildman–Crippen LogP) is 2.63. The first-order valence-corrected chi connectivity index (χ1v) is 7.51. The van der Waals surface area contributed by atoms with E-state index < -0.39 is 0 Å². The van der Waals surface area contributed by atoms with Crippen molar-refractivity contribution in [2.24, 2.45) is 0 Å². The molecule has 2 heterocycles. The van der Waals surface area contributed by atoms with Crippen LogP contribution in [0.15, 0.2) is 54.4 Å². The smallest absolute Gasteiger partial charge is 0.168 e. The highest BCUT2D eigenvalue weighted by Crippen LogP contribution is 2.27. The number of likely N-dealkylation sites (N-methyl/N-ethyl adjacent to an activating group) is 1. The molecule has 1 aromatic heterocycles. The predicted molar refractivity (Wildman–Crippen MR) is 88.6 cm³/mol. The molecule has 0 N–H and O–H groups in total. The summed E-state index contributed by atoms with van der Waals surface area (Å²) < 4.78 is 0. The Bertz CT molecular complexity index is 773. The average Bonchev–Trinajstić information content (AvgIpc) is 2.59. The molecule has 4 nitrogen and oxygen atoms in total. The Kier molecular flexibility index (Phi) is 4.31. The molecule has 3 rings (SSSR count). The first-order chi connectivity index (χ1) is 11.2. The average molecular weight is 303 g/mol. The summed E-state index contributed by atoms with van der Waals surface area (Å²) in [6, 6.07) is 13.2. The maximum absolute atomic E-state index is 12.8. The van der Waals surface area contributed by atoms with Crippen molar-refractivity contribution in [2.75, 3.05) is 20.1 Å². The van der Waals surface area contributed by atoms with E-state index >= 15 is 0 Å². The van der Waals surface area contributed by atoms with Gasteiger partial charge in [0.1, 0.15) is 0 Å². The summed E-state index contributed by atoms with van der Waals surface area (Å²) in [6.07, 6.45) is 5.37. The number of likely N-dealkylation sites (tertiary alicyclic amines) is 1. The highest BCUT2D eigenvalue weighted by Gasteiger charge is 2.30. The van der Waals surface area contributed by atoms with Gasteiger partial charge in [0.05, 0.1) is 17.6 Å². The summed E-state index contributed by atoms with van der Waals surface area (Å²) in [7, 11) is 2.02. The van der Waals surface area contributed by atoms with Gasteiger partial charge in [-0.05, 0) is 48.5 Å². The number of Topliss-reactive ketones (excluding diaryl/α,β-unsaturated/α-hetero) is 1. The van der Waals surface area contributed by atoms with Crippen molar-refractivity contribution in [2.45, 2.75) is 5.92 Å². The van der Waals surface area contributed by atoms with Gasteiger partial charge in [0, 0.05) is 31.1 Å². The molecule has 23 heavy (non-hydrogen) atoms. The van der Waals surface area contributed by atoms with Crippen molar-refractivity contribution in [1.82, 2.24) is 9.88 Å². The molecule has 0 spiro atoms. The molecule has 1 aromatic carbocycles. The molecule has 2 aromatic rings. The van der Waals surface area contributed by atoms with E-state index in [9.17, 15) is 4.79 Å². The molecule has 1 saturated heterocycles. The van der Waals surface area contributed by atoms with Crippen LogP contribution in [0.5, 0.6) is 0 Å². The molecular formula is C19H17N3O. The maximum atomic E-state index is 12.8. The van der Waals surface area contributed by atoms with Gasteiger partial charge in [0.25, 0.3) is 0 Å². The van der Waals surface area contributed by atoms with E-state index in [0.29, 0.717) is 18.7 Å². The summed E-state index contributed by atoms with van der Waals surface area (Å²) in [4.78, 5) is 19.0. The van der Waals surface area contributed by atoms with Crippen molar-refractivity contribution in [3.63, 3.8) is 0 Å². The molecule has 0 amide bonds. The second-order valence-corrected chi connectivity index (χ2v) is 5.80. The Morgan fingerprint density at radius 1 is 1.22 bits per heavy atom. The molecule has 1 unspecified atom stereocenters. The van der Waals surface area contributed by atoms with E-state index in [1.54, 1.807) is 24.5 Å². The van der Waals surface area contributed by atoms with Crippen molar-refractivity contribution in [3.05, 3.63) is 71.1 Å². The van der Waals surface area contributed by atoms with Crippen LogP contribution >= 0.6 is 0 Å². The molecule has 0 radical (unpaired) electrons. The molecule has 1 fully saturated rings. The summed E-state index contributed by atoms with van der Waals surface area (Å²) in [6.45, 7) is 1.36. The van der Waals surface area contributed by atoms with Gasteiger partial charge in [-0.3, -0.25) is 9.78 Å². The summed E-state index contributed by atoms with van der Waals surface area (Å²) in [5.74, 6) is 0.0139. The number of nitriles is 1. The quantitative estimate of drug-likeness (QED) is 0.800. The lowest BCUT2D eigenvalue weighted by atomic mass is 9.86. The van der Waals surface area contributed by atoms with Crippen LogP contribution in [0.25, 0.3) is 6.08 Å². The van der Waals surface area contributed by atoms with Crippen LogP contribution in [0.3, 0.4) is 0 Å². The molecule has 0 bridgehead atoms. The van der Waals surface area contributed by atoms with Gasteiger partial charge >= 0.3 is 0 Å². The summed E-state index contributed by atoms with van der Waals surface area (Å²) in [5, 5.41) is 8.86. The molecule has 1 atom stereocenters. The number of pyridine rings is 1. The molecule has 1 aliphatic heterocycles. The first-order valence-electron chi connectivity index (χ1n) is 7.51. The fourth-order valence-electron chi connectivity index (χ4n) is 2.88. The number of rotatable bonds is 2. The molecule has 114 valence electrons. The number of benzene rings is 1. The Morgan fingerprint density at radius 3 is 2.57 bits per heavy atom. The number of piperidine rings is 1. The van der Waals surface area contributed by atoms with Crippen molar-refractivity contribution < 1.29 is 4.79 Å². The van der Waals surface area contributed by atoms with Crippen LogP contribution in [0, 0.1) is 11.3 Å². The van der Waals surface area contributed by atoms with Gasteiger partial charge in [-0.2, -0.15) is 5.26 Å². The maximum Gasteiger partial charge on any atom is 0.168 e. The largest absolute Gasteiger partial charge is 0.301 e. The minimum absolute atomic E-state index is 0.151. The zero-order chi connectivity index (χ0) is 16.2. The number of nitrogens with zero attached hydrogens (tertiary/aromatic N) is 3. The fourth-order valence-corrected chi connectivity index (χ4v) is 2.88. The van der Waals surface area contributed by atoms with E-state index in [0.717, 1.165) is 16.7 Å². The highest BCUT2D eigenvalue weighted by molar-refractivity contribution is 6.05. The van der Waals surface area contributed by atoms with E-state index in [1.165, 1.54) is 0 Å². The number of hydrogen-bond acceptors (Lipinski definition) is 4. The van der Waals surface area contributed by atoms with Crippen LogP contribution in [-0.2, 0) is 4.79 Å². The van der Waals surface area contributed by atoms with E-state index in [2.05, 4.69) is 16.0 Å². The van der Waals surface area contributed by atoms with E-state index in [-0.39, 0.29) is 11.7 Å². The van der Waals surface area contributed by atoms with Crippen LogP contribution in [-0.4, -0.2) is 35.8 Å². The van der Waals surface area contributed by atoms with Crippen LogP contribution in [0.2, 0.25) is 0 Å². The topological polar surface area (TPSA) is 57.0 Å². The standard InChI is InChI=1S/C19H17N3O/c1-22-12-17(10-14-2-4-15(11-20)5-3-14)19(23)18(13-22)16-6-8-21-9-7-16/h2-10,18H,12-13H2,1H3. The summed E-state index contributed by atoms with van der Waals surface area (Å²) in [5.41, 5.74) is 3.36. The Labute approximate surface area is 135 Å². The summed E-state index contributed by atoms with van der Waals surface area (Å²) >= 11 is 0. The third-order valence-corrected chi connectivity index (χ3v) is 4.06. The van der Waals surface area contributed by atoms with Gasteiger partial charge < -0.3 is 4.90 Å². The van der Waals surface area contributed by atoms with Gasteiger partial charge in [0.2, 0.25) is 0 Å². The molecular weight excluding hydrogens is 286 g/mol. The van der Waals surface area contributed by atoms with E-state index in [4.69, 9.17) is 5.26 Å². The number of hydrogen-bond donors (Lipinski definition) is 0. The number of carbonyl (C=O) groups is 1. The third-order valence-electron chi connectivity index (χ3n) is 4.06. The van der Waals surface area contributed by atoms with Crippen molar-refractivity contribution in [3.8, 4) is 6.07 Å². The SMILES string of the molecule is CN1CC(=Cc2ccc(C#N)cc2)C(=O)C(c2ccncc2)C1. The Hall–Kier alpha value is -2.77. The van der Waals surface area contributed by atoms with Crippen LogP contribution in [0.1, 0.15) is 22.6 Å². The van der Waals surface area contributed by atoms with Crippen molar-refractivity contribution >= 4 is 11.9 Å². The van der Waals surface area contributed by atoms with Gasteiger partial charge in [-0.1, -0.05) is 12.1 Å². The van der Waals surface area contributed by atoms with Gasteiger partial charge in [-0.15, -0.1) is 0 Å². The minimum Gasteiger partial charge on any atom is -0.301 e. The Morgan fingerprint density at radius 2 is 1.91 bits per heavy atom. The molecule has 0 aliphatic carbocycles. The normalized spacial score (nSPS) is 20.4. The molecule has 4 heteroatoms. The Balaban J connectivity index is 1.90. The highest BCUT2D eigenvalue weighted by atomic mass is 16.1. The number of aromatic nitrogens is 1. The van der Waals surface area contributed by atoms with Crippen LogP contribution < -0.4 is 0 Å². The van der Waals surface area contributed by atoms with Gasteiger partial charge in [-0.25, -0.2) is 0 Å². The second-order valence-electron chi connectivity index (χ2n) is 5.80. The first kappa shape index (κ1) is 15.1. The van der Waals surface area contributed by atoms with Gasteiger partial charge in [0.15, 0.2) is 5.78 Å². The minimum atomic E-state index is -0.151. The molecule has 0 saturated carbocycles. The molecule has 1 aliphatic rings. The monoisotopic (exact) mass is 303 g/mol. The zero-order valence-electron chi connectivity index (χ0n) is 12.9. The number of carbonyl (C=O) groups excluding carboxylic acids is 1. The lowest BCUT2D eigenvalue weighted by molar-refractivity contribution is -0.118. The van der Waals surface area contributed by atoms with E-state index in [1.807, 2.05) is 37.4 Å². The van der Waals surface area contributed by atoms with Crippen LogP contribution in [0.4, 0.5) is 0 Å². The lowest BCUT2D eigenvalue weighted by Crippen LogP contribution is -2.38. The number of ketones is 1.